The van der Waals surface area contributed by atoms with Gasteiger partial charge < -0.3 is 5.32 Å². The molecule has 7 heteroatoms. The normalized spacial score (nSPS) is 10.7. The monoisotopic (exact) mass is 348 g/mol. The van der Waals surface area contributed by atoms with Crippen molar-refractivity contribution in [3.8, 4) is 0 Å². The highest BCUT2D eigenvalue weighted by Crippen LogP contribution is 2.29. The number of aryl methyl sites for hydroxylation is 1. The molecule has 0 atom stereocenters. The fraction of sp³-hybridized carbons (Fsp3) is 0.154. The van der Waals surface area contributed by atoms with E-state index in [-0.39, 0.29) is 0 Å². The maximum atomic E-state index is 13.5. The van der Waals surface area contributed by atoms with Gasteiger partial charge in [-0.25, -0.2) is 0 Å². The number of rotatable bonds is 3. The van der Waals surface area contributed by atoms with E-state index in [9.17, 15) is 17.6 Å². The fourth-order valence-corrected chi connectivity index (χ4v) is 2.12. The Hall–Kier alpha value is -1.63. The van der Waals surface area contributed by atoms with E-state index in [0.29, 0.717) is 12.1 Å². The van der Waals surface area contributed by atoms with E-state index in [0.717, 1.165) is 10.0 Å². The summed E-state index contributed by atoms with van der Waals surface area (Å²) >= 11 is 3.27. The molecule has 0 saturated carbocycles. The Kier molecular flexibility index (Phi) is 4.27. The first-order valence-electron chi connectivity index (χ1n) is 5.69. The lowest BCUT2D eigenvalue weighted by atomic mass is 10.1. The Bertz CT molecular complexity index is 635. The Morgan fingerprint density at radius 1 is 1.10 bits per heavy atom. The smallest absolute Gasteiger partial charge is 0.253 e. The van der Waals surface area contributed by atoms with E-state index in [1.807, 2.05) is 6.92 Å². The van der Waals surface area contributed by atoms with E-state index in [2.05, 4.69) is 26.2 Å². The third-order valence-corrected chi connectivity index (χ3v) is 3.20. The molecular formula is C13H9BrF4N2. The van der Waals surface area contributed by atoms with Gasteiger partial charge in [-0.3, -0.25) is 0 Å². The first-order chi connectivity index (χ1) is 9.43. The number of benzene rings is 1. The summed E-state index contributed by atoms with van der Waals surface area (Å²) in [6.07, 6.45) is 0.570. The lowest BCUT2D eigenvalue weighted by molar-refractivity contribution is 0.411. The van der Waals surface area contributed by atoms with E-state index in [1.165, 1.54) is 0 Å². The number of nitrogens with zero attached hydrogens (tertiary/aromatic N) is 1. The molecule has 1 heterocycles. The average molecular weight is 349 g/mol. The van der Waals surface area contributed by atoms with Crippen molar-refractivity contribution >= 4 is 27.3 Å². The number of anilines is 2. The van der Waals surface area contributed by atoms with E-state index in [1.54, 1.807) is 18.2 Å². The van der Waals surface area contributed by atoms with Gasteiger partial charge in [-0.05, 0) is 30.2 Å². The third kappa shape index (κ3) is 2.77. The van der Waals surface area contributed by atoms with Gasteiger partial charge in [-0.2, -0.15) is 22.5 Å². The highest BCUT2D eigenvalue weighted by atomic mass is 79.9. The lowest BCUT2D eigenvalue weighted by Crippen LogP contribution is -2.07. The quantitative estimate of drug-likeness (QED) is 0.642. The van der Waals surface area contributed by atoms with Crippen LogP contribution < -0.4 is 5.32 Å². The molecule has 1 N–H and O–H groups in total. The van der Waals surface area contributed by atoms with Gasteiger partial charge in [-0.15, -0.1) is 0 Å². The van der Waals surface area contributed by atoms with Gasteiger partial charge in [0.15, 0.2) is 0 Å². The first kappa shape index (κ1) is 14.8. The van der Waals surface area contributed by atoms with Gasteiger partial charge in [-0.1, -0.05) is 22.9 Å². The molecule has 0 radical (unpaired) electrons. The largest absolute Gasteiger partial charge is 0.350 e. The topological polar surface area (TPSA) is 24.9 Å². The highest BCUT2D eigenvalue weighted by Gasteiger charge is 2.21. The number of hydrogen-bond acceptors (Lipinski definition) is 2. The molecule has 20 heavy (non-hydrogen) atoms. The third-order valence-electron chi connectivity index (χ3n) is 2.71. The van der Waals surface area contributed by atoms with Crippen LogP contribution in [0.4, 0.5) is 28.9 Å². The van der Waals surface area contributed by atoms with Crippen LogP contribution in [0.25, 0.3) is 0 Å². The molecule has 2 rings (SSSR count). The van der Waals surface area contributed by atoms with Crippen LogP contribution in [0, 0.1) is 23.5 Å². The Balaban J connectivity index is 2.50. The molecule has 0 saturated heterocycles. The van der Waals surface area contributed by atoms with E-state index < -0.39 is 29.2 Å². The minimum absolute atomic E-state index is 0.360. The molecule has 1 aromatic heterocycles. The van der Waals surface area contributed by atoms with Crippen LogP contribution >= 0.6 is 15.9 Å². The summed E-state index contributed by atoms with van der Waals surface area (Å²) < 4.78 is 53.9. The number of halogens is 5. The average Bonchev–Trinajstić information content (AvgIpc) is 2.42. The van der Waals surface area contributed by atoms with Gasteiger partial charge in [0.25, 0.3) is 11.9 Å². The summed E-state index contributed by atoms with van der Waals surface area (Å²) in [5.41, 5.74) is 0.196. The Morgan fingerprint density at radius 3 is 2.25 bits per heavy atom. The molecule has 0 aliphatic heterocycles. The molecule has 0 fully saturated rings. The van der Waals surface area contributed by atoms with Crippen molar-refractivity contribution in [3.63, 3.8) is 0 Å². The summed E-state index contributed by atoms with van der Waals surface area (Å²) in [5.74, 6) is -6.51. The molecule has 0 aliphatic carbocycles. The Morgan fingerprint density at radius 2 is 1.70 bits per heavy atom. The predicted octanol–water partition coefficient (Wildman–Crippen LogP) is 4.71. The summed E-state index contributed by atoms with van der Waals surface area (Å²) in [5, 5.41) is 2.38. The summed E-state index contributed by atoms with van der Waals surface area (Å²) in [7, 11) is 0. The molecule has 0 aliphatic rings. The van der Waals surface area contributed by atoms with Crippen LogP contribution in [-0.2, 0) is 6.42 Å². The summed E-state index contributed by atoms with van der Waals surface area (Å²) in [6.45, 7) is 1.84. The van der Waals surface area contributed by atoms with Crippen molar-refractivity contribution in [2.75, 3.05) is 5.32 Å². The van der Waals surface area contributed by atoms with Gasteiger partial charge in [0.1, 0.15) is 5.69 Å². The maximum Gasteiger partial charge on any atom is 0.253 e. The molecule has 2 aromatic rings. The van der Waals surface area contributed by atoms with Gasteiger partial charge in [0.05, 0.1) is 0 Å². The van der Waals surface area contributed by atoms with Crippen LogP contribution in [0.3, 0.4) is 0 Å². The minimum Gasteiger partial charge on any atom is -0.350 e. The number of hydrogen-bond donors (Lipinski definition) is 1. The number of pyridine rings is 1. The van der Waals surface area contributed by atoms with Gasteiger partial charge in [0.2, 0.25) is 11.6 Å². The second kappa shape index (κ2) is 5.78. The molecule has 106 valence electrons. The van der Waals surface area contributed by atoms with E-state index in [4.69, 9.17) is 0 Å². The second-order valence-electron chi connectivity index (χ2n) is 3.98. The number of nitrogens with one attached hydrogen (secondary N) is 1. The standard InChI is InChI=1S/C13H9BrF4N2/c1-2-6-5-7(14)3-4-8(6)19-11-9(15)12(17)20-13(18)10(11)16/h3-5H,2H2,1H3,(H,19,20). The molecule has 2 nitrogen and oxygen atoms in total. The van der Waals surface area contributed by atoms with Crippen molar-refractivity contribution < 1.29 is 17.6 Å². The molecule has 0 spiro atoms. The first-order valence-corrected chi connectivity index (χ1v) is 6.48. The fourth-order valence-electron chi connectivity index (χ4n) is 1.71. The molecular weight excluding hydrogens is 340 g/mol. The van der Waals surface area contributed by atoms with Crippen molar-refractivity contribution in [1.29, 1.82) is 0 Å². The maximum absolute atomic E-state index is 13.5. The Labute approximate surface area is 121 Å². The van der Waals surface area contributed by atoms with Crippen molar-refractivity contribution in [2.45, 2.75) is 13.3 Å². The zero-order valence-corrected chi connectivity index (χ0v) is 11.9. The SMILES string of the molecule is CCc1cc(Br)ccc1Nc1c(F)c(F)nc(F)c1F. The minimum atomic E-state index is -1.69. The number of aromatic nitrogens is 1. The van der Waals surface area contributed by atoms with E-state index >= 15 is 0 Å². The zero-order chi connectivity index (χ0) is 14.9. The predicted molar refractivity (Wildman–Crippen MR) is 70.9 cm³/mol. The molecule has 0 bridgehead atoms. The van der Waals surface area contributed by atoms with Crippen molar-refractivity contribution in [1.82, 2.24) is 4.98 Å². The zero-order valence-electron chi connectivity index (χ0n) is 10.3. The van der Waals surface area contributed by atoms with Crippen LogP contribution in [0.15, 0.2) is 22.7 Å². The van der Waals surface area contributed by atoms with Crippen LogP contribution in [-0.4, -0.2) is 4.98 Å². The van der Waals surface area contributed by atoms with Crippen molar-refractivity contribution in [2.24, 2.45) is 0 Å². The van der Waals surface area contributed by atoms with Gasteiger partial charge >= 0.3 is 0 Å². The van der Waals surface area contributed by atoms with Crippen LogP contribution in [0.1, 0.15) is 12.5 Å². The second-order valence-corrected chi connectivity index (χ2v) is 4.89. The molecule has 1 aromatic carbocycles. The van der Waals surface area contributed by atoms with Crippen molar-refractivity contribution in [3.05, 3.63) is 51.8 Å². The summed E-state index contributed by atoms with van der Waals surface area (Å²) in [4.78, 5) is 2.50. The molecule has 0 unspecified atom stereocenters. The molecule has 0 amide bonds. The van der Waals surface area contributed by atoms with Crippen LogP contribution in [0.5, 0.6) is 0 Å². The van der Waals surface area contributed by atoms with Crippen LogP contribution in [0.2, 0.25) is 0 Å². The van der Waals surface area contributed by atoms with Gasteiger partial charge in [0, 0.05) is 10.2 Å². The lowest BCUT2D eigenvalue weighted by Gasteiger charge is -2.13. The highest BCUT2D eigenvalue weighted by molar-refractivity contribution is 9.10. The summed E-state index contributed by atoms with van der Waals surface area (Å²) in [6, 6.07) is 4.94.